The molecule has 0 unspecified atom stereocenters. The second kappa shape index (κ2) is 5.24. The van der Waals surface area contributed by atoms with E-state index in [4.69, 9.17) is 5.73 Å². The zero-order chi connectivity index (χ0) is 7.11. The largest absolute Gasteiger partial charge is 0.348 e. The third-order valence-electron chi connectivity index (χ3n) is 0.729. The molecule has 0 atom stereocenters. The van der Waals surface area contributed by atoms with Gasteiger partial charge in [-0.05, 0) is 0 Å². The van der Waals surface area contributed by atoms with Crippen LogP contribution in [-0.4, -0.2) is 25.3 Å². The molecule has 0 heterocycles. The molecule has 0 aliphatic carbocycles. The molecule has 51 valence electrons. The highest BCUT2D eigenvalue weighted by Gasteiger charge is 1.95. The SMILES string of the molecule is NCCC(=O)NC[C]=O. The van der Waals surface area contributed by atoms with E-state index in [2.05, 4.69) is 5.32 Å². The zero-order valence-corrected chi connectivity index (χ0v) is 5.02. The molecule has 4 nitrogen and oxygen atoms in total. The minimum atomic E-state index is -0.208. The van der Waals surface area contributed by atoms with Gasteiger partial charge in [0.05, 0.1) is 6.54 Å². The average Bonchev–Trinajstić information content (AvgIpc) is 1.85. The number of hydrogen-bond donors (Lipinski definition) is 2. The number of nitrogens with two attached hydrogens (primary N) is 1. The maximum atomic E-state index is 10.4. The summed E-state index contributed by atoms with van der Waals surface area (Å²) in [7, 11) is 0. The molecule has 0 rings (SSSR count). The summed E-state index contributed by atoms with van der Waals surface area (Å²) in [6, 6.07) is 0. The predicted octanol–water partition coefficient (Wildman–Crippen LogP) is -1.44. The molecule has 9 heavy (non-hydrogen) atoms. The van der Waals surface area contributed by atoms with Gasteiger partial charge >= 0.3 is 0 Å². The monoisotopic (exact) mass is 129 g/mol. The second-order valence-electron chi connectivity index (χ2n) is 1.46. The molecule has 0 bridgehead atoms. The smallest absolute Gasteiger partial charge is 0.221 e. The summed E-state index contributed by atoms with van der Waals surface area (Å²) in [4.78, 5) is 20.0. The van der Waals surface area contributed by atoms with Crippen molar-refractivity contribution in [2.75, 3.05) is 13.1 Å². The van der Waals surface area contributed by atoms with Gasteiger partial charge in [-0.2, -0.15) is 0 Å². The van der Waals surface area contributed by atoms with Gasteiger partial charge in [-0.25, -0.2) is 0 Å². The molecule has 0 aliphatic rings. The lowest BCUT2D eigenvalue weighted by molar-refractivity contribution is -0.120. The number of carbonyl (C=O) groups is 1. The zero-order valence-electron chi connectivity index (χ0n) is 5.02. The Balaban J connectivity index is 3.16. The molecule has 0 saturated carbocycles. The van der Waals surface area contributed by atoms with Crippen LogP contribution in [0.4, 0.5) is 0 Å². The van der Waals surface area contributed by atoms with Crippen LogP contribution >= 0.6 is 0 Å². The fourth-order valence-electron chi connectivity index (χ4n) is 0.354. The minimum Gasteiger partial charge on any atom is -0.348 e. The van der Waals surface area contributed by atoms with E-state index in [1.165, 1.54) is 6.29 Å². The summed E-state index contributed by atoms with van der Waals surface area (Å²) >= 11 is 0. The van der Waals surface area contributed by atoms with Crippen LogP contribution in [0.3, 0.4) is 0 Å². The molecule has 3 N–H and O–H groups in total. The lowest BCUT2D eigenvalue weighted by atomic mass is 10.4. The number of rotatable bonds is 4. The molecule has 1 radical (unpaired) electrons. The Bertz CT molecular complexity index is 103. The van der Waals surface area contributed by atoms with Crippen molar-refractivity contribution in [1.82, 2.24) is 5.32 Å². The van der Waals surface area contributed by atoms with E-state index in [9.17, 15) is 9.59 Å². The molecule has 0 saturated heterocycles. The Morgan fingerprint density at radius 2 is 2.33 bits per heavy atom. The van der Waals surface area contributed by atoms with Crippen molar-refractivity contribution < 1.29 is 9.59 Å². The van der Waals surface area contributed by atoms with Crippen molar-refractivity contribution in [1.29, 1.82) is 0 Å². The van der Waals surface area contributed by atoms with Gasteiger partial charge in [0, 0.05) is 13.0 Å². The van der Waals surface area contributed by atoms with Gasteiger partial charge in [0.15, 0.2) is 0 Å². The quantitative estimate of drug-likeness (QED) is 0.488. The van der Waals surface area contributed by atoms with Crippen LogP contribution in [0.1, 0.15) is 6.42 Å². The lowest BCUT2D eigenvalue weighted by Crippen LogP contribution is -2.26. The van der Waals surface area contributed by atoms with E-state index in [1.54, 1.807) is 0 Å². The van der Waals surface area contributed by atoms with Gasteiger partial charge in [-0.15, -0.1) is 0 Å². The van der Waals surface area contributed by atoms with Crippen LogP contribution < -0.4 is 11.1 Å². The Morgan fingerprint density at radius 3 is 2.78 bits per heavy atom. The molecule has 1 amide bonds. The Kier molecular flexibility index (Phi) is 4.72. The van der Waals surface area contributed by atoms with Crippen molar-refractivity contribution in [2.24, 2.45) is 5.73 Å². The van der Waals surface area contributed by atoms with Crippen LogP contribution in [0.5, 0.6) is 0 Å². The Morgan fingerprint density at radius 1 is 1.67 bits per heavy atom. The van der Waals surface area contributed by atoms with E-state index in [0.29, 0.717) is 6.54 Å². The van der Waals surface area contributed by atoms with E-state index in [-0.39, 0.29) is 18.9 Å². The summed E-state index contributed by atoms with van der Waals surface area (Å²) in [5.74, 6) is -0.208. The van der Waals surface area contributed by atoms with Gasteiger partial charge in [-0.3, -0.25) is 9.59 Å². The average molecular weight is 129 g/mol. The fraction of sp³-hybridized carbons (Fsp3) is 0.600. The third kappa shape index (κ3) is 4.96. The van der Waals surface area contributed by atoms with Crippen LogP contribution in [0.2, 0.25) is 0 Å². The molecule has 0 aliphatic heterocycles. The van der Waals surface area contributed by atoms with Crippen LogP contribution in [0, 0.1) is 0 Å². The van der Waals surface area contributed by atoms with Gasteiger partial charge in [-0.1, -0.05) is 0 Å². The van der Waals surface area contributed by atoms with Crippen molar-refractivity contribution in [2.45, 2.75) is 6.42 Å². The molecule has 0 aromatic carbocycles. The standard InChI is InChI=1S/C5H9N2O2/c6-2-1-5(9)7-3-4-8/h1-3,6H2,(H,7,9). The van der Waals surface area contributed by atoms with Crippen molar-refractivity contribution in [3.8, 4) is 0 Å². The summed E-state index contributed by atoms with van der Waals surface area (Å²) in [6.07, 6.45) is 1.80. The van der Waals surface area contributed by atoms with Crippen LogP contribution in [0.25, 0.3) is 0 Å². The summed E-state index contributed by atoms with van der Waals surface area (Å²) in [5.41, 5.74) is 5.04. The lowest BCUT2D eigenvalue weighted by Gasteiger charge is -1.95. The number of carbonyl (C=O) groups excluding carboxylic acids is 2. The van der Waals surface area contributed by atoms with Gasteiger partial charge in [0.2, 0.25) is 12.2 Å². The molecule has 0 aromatic rings. The first-order valence-corrected chi connectivity index (χ1v) is 2.63. The minimum absolute atomic E-state index is 0.0428. The van der Waals surface area contributed by atoms with Crippen molar-refractivity contribution >= 4 is 12.2 Å². The summed E-state index contributed by atoms with van der Waals surface area (Å²) < 4.78 is 0. The molecular weight excluding hydrogens is 120 g/mol. The number of amides is 1. The highest BCUT2D eigenvalue weighted by molar-refractivity contribution is 5.78. The van der Waals surface area contributed by atoms with E-state index in [1.807, 2.05) is 0 Å². The Hall–Kier alpha value is -0.900. The fourth-order valence-corrected chi connectivity index (χ4v) is 0.354. The number of hydrogen-bond acceptors (Lipinski definition) is 3. The summed E-state index contributed by atoms with van der Waals surface area (Å²) in [5, 5.41) is 2.29. The molecule has 0 spiro atoms. The maximum Gasteiger partial charge on any atom is 0.221 e. The normalized spacial score (nSPS) is 8.56. The van der Waals surface area contributed by atoms with E-state index in [0.717, 1.165) is 0 Å². The highest BCUT2D eigenvalue weighted by Crippen LogP contribution is 1.70. The first-order valence-electron chi connectivity index (χ1n) is 2.63. The van der Waals surface area contributed by atoms with E-state index < -0.39 is 0 Å². The molecule has 0 fully saturated rings. The first-order chi connectivity index (χ1) is 4.31. The molecule has 4 heteroatoms. The Labute approximate surface area is 53.4 Å². The number of nitrogens with one attached hydrogen (secondary N) is 1. The van der Waals surface area contributed by atoms with Crippen LogP contribution in [-0.2, 0) is 9.59 Å². The van der Waals surface area contributed by atoms with Gasteiger partial charge < -0.3 is 11.1 Å². The topological polar surface area (TPSA) is 72.2 Å². The van der Waals surface area contributed by atoms with Crippen molar-refractivity contribution in [3.05, 3.63) is 0 Å². The van der Waals surface area contributed by atoms with Gasteiger partial charge in [0.25, 0.3) is 0 Å². The van der Waals surface area contributed by atoms with Gasteiger partial charge in [0.1, 0.15) is 0 Å². The second-order valence-corrected chi connectivity index (χ2v) is 1.46. The highest BCUT2D eigenvalue weighted by atomic mass is 16.2. The molecular formula is C5H9N2O2. The first kappa shape index (κ1) is 8.10. The molecule has 0 aromatic heterocycles. The third-order valence-corrected chi connectivity index (χ3v) is 0.729. The maximum absolute atomic E-state index is 10.4. The van der Waals surface area contributed by atoms with Crippen molar-refractivity contribution in [3.63, 3.8) is 0 Å². The summed E-state index contributed by atoms with van der Waals surface area (Å²) in [6.45, 7) is 0.267. The van der Waals surface area contributed by atoms with E-state index >= 15 is 0 Å². The van der Waals surface area contributed by atoms with Crippen LogP contribution in [0.15, 0.2) is 0 Å². The predicted molar refractivity (Wildman–Crippen MR) is 32.4 cm³/mol.